The molecule has 1 heterocycles. The van der Waals surface area contributed by atoms with Crippen LogP contribution in [0.3, 0.4) is 0 Å². The average Bonchev–Trinajstić information content (AvgIpc) is 2.46. The van der Waals surface area contributed by atoms with Crippen molar-refractivity contribution in [2.75, 3.05) is 26.2 Å². The summed E-state index contributed by atoms with van der Waals surface area (Å²) in [6.45, 7) is 9.63. The number of carbonyl (C=O) groups is 1. The van der Waals surface area contributed by atoms with Gasteiger partial charge in [-0.15, -0.1) is 0 Å². The Bertz CT molecular complexity index is 551. The first-order valence-electron chi connectivity index (χ1n) is 7.96. The molecule has 1 aliphatic rings. The molecule has 25 heavy (non-hydrogen) atoms. The van der Waals surface area contributed by atoms with E-state index < -0.39 is 11.7 Å². The van der Waals surface area contributed by atoms with Gasteiger partial charge in [0.2, 0.25) is 0 Å². The Labute approximate surface area is 145 Å². The molecule has 1 fully saturated rings. The number of benzene rings is 1. The molecule has 0 aromatic heterocycles. The summed E-state index contributed by atoms with van der Waals surface area (Å²) in [4.78, 5) is 11.7. The maximum absolute atomic E-state index is 12.6. The quantitative estimate of drug-likeness (QED) is 0.810. The molecule has 0 radical (unpaired) electrons. The number of carbonyl (C=O) groups excluding carboxylic acids is 1. The van der Waals surface area contributed by atoms with Crippen molar-refractivity contribution in [2.45, 2.75) is 39.1 Å². The highest BCUT2D eigenvalue weighted by Gasteiger charge is 2.31. The van der Waals surface area contributed by atoms with Crippen molar-refractivity contribution < 1.29 is 27.8 Å². The Kier molecular flexibility index (Phi) is 7.69. The van der Waals surface area contributed by atoms with E-state index in [1.807, 2.05) is 20.8 Å². The lowest BCUT2D eigenvalue weighted by Crippen LogP contribution is -2.42. The number of piperazine rings is 1. The molecule has 1 aliphatic heterocycles. The summed E-state index contributed by atoms with van der Waals surface area (Å²) in [5, 5.41) is 12.5. The third-order valence-electron chi connectivity index (χ3n) is 3.32. The Hall–Kier alpha value is -1.80. The fraction of sp³-hybridized carbons (Fsp3) is 0.588. The summed E-state index contributed by atoms with van der Waals surface area (Å²) in [6, 6.07) is 3.24. The van der Waals surface area contributed by atoms with Gasteiger partial charge in [-0.2, -0.15) is 13.2 Å². The van der Waals surface area contributed by atoms with Crippen molar-refractivity contribution in [3.63, 3.8) is 0 Å². The first-order valence-corrected chi connectivity index (χ1v) is 7.96. The molecular formula is C17H25F3N2O3. The lowest BCUT2D eigenvalue weighted by Gasteiger charge is -2.27. The van der Waals surface area contributed by atoms with Gasteiger partial charge in [0.15, 0.2) is 0 Å². The van der Waals surface area contributed by atoms with Crippen LogP contribution in [-0.4, -0.2) is 48.3 Å². The molecule has 0 bridgehead atoms. The van der Waals surface area contributed by atoms with Crippen LogP contribution in [0.1, 0.15) is 31.9 Å². The summed E-state index contributed by atoms with van der Waals surface area (Å²) < 4.78 is 42.3. The largest absolute Gasteiger partial charge is 0.508 e. The molecule has 0 spiro atoms. The molecule has 0 saturated carbocycles. The van der Waals surface area contributed by atoms with Crippen LogP contribution in [0.2, 0.25) is 0 Å². The predicted molar refractivity (Wildman–Crippen MR) is 88.2 cm³/mol. The number of ether oxygens (including phenoxy) is 1. The first kappa shape index (κ1) is 21.2. The molecule has 5 nitrogen and oxygen atoms in total. The van der Waals surface area contributed by atoms with E-state index in [1.54, 1.807) is 0 Å². The van der Waals surface area contributed by atoms with Crippen LogP contribution in [0.5, 0.6) is 5.75 Å². The van der Waals surface area contributed by atoms with Crippen molar-refractivity contribution in [2.24, 2.45) is 0 Å². The topological polar surface area (TPSA) is 61.8 Å². The van der Waals surface area contributed by atoms with Gasteiger partial charge in [0.05, 0.1) is 5.56 Å². The summed E-state index contributed by atoms with van der Waals surface area (Å²) >= 11 is 0. The van der Waals surface area contributed by atoms with Crippen LogP contribution < -0.4 is 5.32 Å². The number of rotatable bonds is 3. The van der Waals surface area contributed by atoms with Gasteiger partial charge >= 0.3 is 6.18 Å². The Morgan fingerprint density at radius 1 is 1.20 bits per heavy atom. The molecule has 0 amide bonds. The van der Waals surface area contributed by atoms with E-state index in [9.17, 15) is 23.1 Å². The smallest absolute Gasteiger partial charge is 0.416 e. The van der Waals surface area contributed by atoms with Crippen molar-refractivity contribution in [1.29, 1.82) is 0 Å². The molecule has 1 saturated heterocycles. The minimum atomic E-state index is -4.42. The zero-order chi connectivity index (χ0) is 19.1. The second-order valence-electron chi connectivity index (χ2n) is 6.74. The second-order valence-corrected chi connectivity index (χ2v) is 6.74. The summed E-state index contributed by atoms with van der Waals surface area (Å²) in [6.07, 6.45) is -4.42. The molecule has 2 N–H and O–H groups in total. The summed E-state index contributed by atoms with van der Waals surface area (Å²) in [7, 11) is 0. The molecule has 142 valence electrons. The van der Waals surface area contributed by atoms with Crippen molar-refractivity contribution in [3.8, 4) is 5.75 Å². The van der Waals surface area contributed by atoms with Crippen LogP contribution in [0.4, 0.5) is 13.2 Å². The number of hydrogen-bond acceptors (Lipinski definition) is 5. The Morgan fingerprint density at radius 3 is 2.24 bits per heavy atom. The third kappa shape index (κ3) is 8.74. The normalized spacial score (nSPS) is 15.9. The van der Waals surface area contributed by atoms with E-state index in [0.717, 1.165) is 38.3 Å². The number of aromatic hydroxyl groups is 1. The summed E-state index contributed by atoms with van der Waals surface area (Å²) in [5.74, 6) is -0.338. The van der Waals surface area contributed by atoms with E-state index in [2.05, 4.69) is 15.0 Å². The van der Waals surface area contributed by atoms with Gasteiger partial charge in [0, 0.05) is 32.7 Å². The highest BCUT2D eigenvalue weighted by molar-refractivity contribution is 5.37. The zero-order valence-electron chi connectivity index (χ0n) is 14.7. The van der Waals surface area contributed by atoms with Gasteiger partial charge < -0.3 is 15.2 Å². The van der Waals surface area contributed by atoms with E-state index in [1.165, 1.54) is 6.07 Å². The van der Waals surface area contributed by atoms with Gasteiger partial charge in [-0.3, -0.25) is 9.69 Å². The highest BCUT2D eigenvalue weighted by atomic mass is 19.4. The molecule has 2 rings (SSSR count). The number of nitrogens with zero attached hydrogens (tertiary/aromatic N) is 1. The van der Waals surface area contributed by atoms with Gasteiger partial charge in [0.25, 0.3) is 6.47 Å². The fourth-order valence-corrected chi connectivity index (χ4v) is 2.20. The molecule has 0 atom stereocenters. The van der Waals surface area contributed by atoms with Crippen molar-refractivity contribution >= 4 is 6.47 Å². The standard InChI is InChI=1S/C12H15F3N2O.C5H10O2/c13-12(14,15)10-5-9(6-11(18)7-10)8-17-3-1-16-2-4-17;1-5(2,3)7-4-6/h5-7,16,18H,1-4,8H2;4H,1-3H3. The number of halogens is 3. The van der Waals surface area contributed by atoms with Crippen LogP contribution >= 0.6 is 0 Å². The predicted octanol–water partition coefficient (Wildman–Crippen LogP) is 2.77. The average molecular weight is 362 g/mol. The number of nitrogens with one attached hydrogen (secondary N) is 1. The number of phenolic OH excluding ortho intramolecular Hbond substituents is 1. The molecule has 1 aromatic carbocycles. The SMILES string of the molecule is CC(C)(C)OC=O.Oc1cc(CN2CCNCC2)cc(C(F)(F)F)c1. The highest BCUT2D eigenvalue weighted by Crippen LogP contribution is 2.32. The summed E-state index contributed by atoms with van der Waals surface area (Å²) in [5.41, 5.74) is -0.626. The molecule has 1 aromatic rings. The number of alkyl halides is 3. The van der Waals surface area contributed by atoms with Crippen LogP contribution in [-0.2, 0) is 22.3 Å². The van der Waals surface area contributed by atoms with Gasteiger partial charge in [0.1, 0.15) is 11.4 Å². The molecule has 0 unspecified atom stereocenters. The maximum Gasteiger partial charge on any atom is 0.416 e. The van der Waals surface area contributed by atoms with Gasteiger partial charge in [-0.1, -0.05) is 0 Å². The van der Waals surface area contributed by atoms with Crippen LogP contribution in [0.15, 0.2) is 18.2 Å². The lowest BCUT2D eigenvalue weighted by atomic mass is 10.1. The minimum Gasteiger partial charge on any atom is -0.508 e. The maximum atomic E-state index is 12.6. The Morgan fingerprint density at radius 2 is 1.80 bits per heavy atom. The molecular weight excluding hydrogens is 337 g/mol. The van der Waals surface area contributed by atoms with E-state index in [0.29, 0.717) is 18.6 Å². The Balaban J connectivity index is 0.000000381. The number of phenols is 1. The van der Waals surface area contributed by atoms with Crippen LogP contribution in [0, 0.1) is 0 Å². The fourth-order valence-electron chi connectivity index (χ4n) is 2.20. The zero-order valence-corrected chi connectivity index (χ0v) is 14.7. The number of hydrogen-bond donors (Lipinski definition) is 2. The van der Waals surface area contributed by atoms with E-state index in [-0.39, 0.29) is 11.4 Å². The van der Waals surface area contributed by atoms with E-state index in [4.69, 9.17) is 0 Å². The monoisotopic (exact) mass is 362 g/mol. The molecule has 0 aliphatic carbocycles. The van der Waals surface area contributed by atoms with Crippen molar-refractivity contribution in [3.05, 3.63) is 29.3 Å². The first-order chi connectivity index (χ1) is 11.5. The lowest BCUT2D eigenvalue weighted by molar-refractivity contribution is -0.139. The molecule has 8 heteroatoms. The van der Waals surface area contributed by atoms with Crippen molar-refractivity contribution in [1.82, 2.24) is 10.2 Å². The van der Waals surface area contributed by atoms with Gasteiger partial charge in [-0.05, 0) is 44.5 Å². The van der Waals surface area contributed by atoms with E-state index >= 15 is 0 Å². The third-order valence-corrected chi connectivity index (χ3v) is 3.32. The van der Waals surface area contributed by atoms with Gasteiger partial charge in [-0.25, -0.2) is 0 Å². The van der Waals surface area contributed by atoms with Crippen LogP contribution in [0.25, 0.3) is 0 Å². The second kappa shape index (κ2) is 9.05. The minimum absolute atomic E-state index is 0.318.